The van der Waals surface area contributed by atoms with Gasteiger partial charge in [0.25, 0.3) is 0 Å². The highest BCUT2D eigenvalue weighted by atomic mass is 16.5. The van der Waals surface area contributed by atoms with Crippen molar-refractivity contribution in [1.29, 1.82) is 0 Å². The second-order valence-electron chi connectivity index (χ2n) is 2.33. The van der Waals surface area contributed by atoms with Crippen molar-refractivity contribution >= 4 is 14.0 Å². The molecule has 1 aromatic heterocycles. The van der Waals surface area contributed by atoms with E-state index in [2.05, 4.69) is 9.75 Å². The highest BCUT2D eigenvalue weighted by molar-refractivity contribution is 6.01. The quantitative estimate of drug-likeness (QED) is 0.487. The summed E-state index contributed by atoms with van der Waals surface area (Å²) in [6.07, 6.45) is 1.35. The molecule has 0 aliphatic rings. The molecule has 0 aromatic carbocycles. The number of hydrogen-bond donors (Lipinski definition) is 0. The Bertz CT molecular complexity index is 311. The van der Waals surface area contributed by atoms with Crippen molar-refractivity contribution in [2.45, 2.75) is 6.92 Å². The SMILES string of the molecule is [B]Oc1c(C(=O)OCC)cnn1C. The Balaban J connectivity index is 2.93. The molecule has 0 aliphatic carbocycles. The molecule has 0 saturated heterocycles. The predicted octanol–water partition coefficient (Wildman–Crippen LogP) is 0.0591. The van der Waals surface area contributed by atoms with Crippen LogP contribution in [0.4, 0.5) is 0 Å². The van der Waals surface area contributed by atoms with Crippen molar-refractivity contribution in [3.63, 3.8) is 0 Å². The lowest BCUT2D eigenvalue weighted by atomic mass is 10.3. The molecule has 0 atom stereocenters. The minimum atomic E-state index is -0.490. The van der Waals surface area contributed by atoms with E-state index in [1.54, 1.807) is 14.0 Å². The first-order valence-electron chi connectivity index (χ1n) is 3.76. The Labute approximate surface area is 77.1 Å². The Hall–Kier alpha value is -1.46. The van der Waals surface area contributed by atoms with E-state index in [1.807, 2.05) is 0 Å². The van der Waals surface area contributed by atoms with Crippen molar-refractivity contribution in [3.05, 3.63) is 11.8 Å². The lowest BCUT2D eigenvalue weighted by Gasteiger charge is -2.03. The van der Waals surface area contributed by atoms with Crippen LogP contribution >= 0.6 is 0 Å². The zero-order valence-electron chi connectivity index (χ0n) is 7.48. The molecule has 0 spiro atoms. The van der Waals surface area contributed by atoms with Gasteiger partial charge in [-0.15, -0.1) is 0 Å². The van der Waals surface area contributed by atoms with E-state index in [0.717, 1.165) is 0 Å². The van der Waals surface area contributed by atoms with Crippen molar-refractivity contribution in [1.82, 2.24) is 9.78 Å². The summed E-state index contributed by atoms with van der Waals surface area (Å²) in [4.78, 5) is 11.2. The molecular formula is C7H9BN2O3. The Kier molecular flexibility index (Phi) is 2.95. The summed E-state index contributed by atoms with van der Waals surface area (Å²) in [5, 5.41) is 3.80. The van der Waals surface area contributed by atoms with Crippen molar-refractivity contribution in [2.75, 3.05) is 6.61 Å². The third kappa shape index (κ3) is 1.82. The minimum absolute atomic E-state index is 0.193. The van der Waals surface area contributed by atoms with Crippen molar-refractivity contribution in [3.8, 4) is 5.88 Å². The summed E-state index contributed by atoms with van der Waals surface area (Å²) in [6, 6.07) is 0. The van der Waals surface area contributed by atoms with Gasteiger partial charge in [0.15, 0.2) is 0 Å². The van der Waals surface area contributed by atoms with Gasteiger partial charge in [-0.05, 0) is 6.92 Å². The minimum Gasteiger partial charge on any atom is -0.555 e. The maximum absolute atomic E-state index is 11.2. The van der Waals surface area contributed by atoms with Gasteiger partial charge in [-0.3, -0.25) is 0 Å². The molecule has 0 fully saturated rings. The van der Waals surface area contributed by atoms with Crippen LogP contribution in [0.5, 0.6) is 5.88 Å². The molecule has 0 bridgehead atoms. The molecule has 0 saturated carbocycles. The molecule has 0 aliphatic heterocycles. The van der Waals surface area contributed by atoms with Crippen LogP contribution in [-0.4, -0.2) is 30.4 Å². The van der Waals surface area contributed by atoms with Crippen LogP contribution in [0.15, 0.2) is 6.20 Å². The first-order chi connectivity index (χ1) is 6.20. The fourth-order valence-corrected chi connectivity index (χ4v) is 0.915. The topological polar surface area (TPSA) is 53.4 Å². The number of ether oxygens (including phenoxy) is 1. The van der Waals surface area contributed by atoms with Crippen LogP contribution in [-0.2, 0) is 11.8 Å². The number of hydrogen-bond acceptors (Lipinski definition) is 4. The van der Waals surface area contributed by atoms with Crippen molar-refractivity contribution < 1.29 is 14.2 Å². The Morgan fingerprint density at radius 3 is 3.00 bits per heavy atom. The van der Waals surface area contributed by atoms with Gasteiger partial charge in [0.1, 0.15) is 5.56 Å². The van der Waals surface area contributed by atoms with Gasteiger partial charge >= 0.3 is 14.0 Å². The Morgan fingerprint density at radius 1 is 1.77 bits per heavy atom. The Morgan fingerprint density at radius 2 is 2.46 bits per heavy atom. The maximum atomic E-state index is 11.2. The van der Waals surface area contributed by atoms with Crippen LogP contribution in [0.1, 0.15) is 17.3 Å². The van der Waals surface area contributed by atoms with Gasteiger partial charge in [-0.25, -0.2) is 9.48 Å². The van der Waals surface area contributed by atoms with E-state index < -0.39 is 5.97 Å². The van der Waals surface area contributed by atoms with Crippen LogP contribution < -0.4 is 4.65 Å². The second-order valence-corrected chi connectivity index (χ2v) is 2.33. The lowest BCUT2D eigenvalue weighted by Crippen LogP contribution is -2.06. The van der Waals surface area contributed by atoms with E-state index in [4.69, 9.17) is 12.8 Å². The molecule has 6 heteroatoms. The third-order valence-corrected chi connectivity index (χ3v) is 1.49. The smallest absolute Gasteiger partial charge is 0.376 e. The first kappa shape index (κ1) is 9.63. The number of esters is 1. The molecule has 0 unspecified atom stereocenters. The molecular weight excluding hydrogens is 171 g/mol. The summed E-state index contributed by atoms with van der Waals surface area (Å²) in [5.41, 5.74) is 0.229. The average molecular weight is 180 g/mol. The van der Waals surface area contributed by atoms with Gasteiger partial charge in [0.05, 0.1) is 12.8 Å². The number of carbonyl (C=O) groups excluding carboxylic acids is 1. The molecule has 2 radical (unpaired) electrons. The van der Waals surface area contributed by atoms with Gasteiger partial charge in [0, 0.05) is 7.05 Å². The summed E-state index contributed by atoms with van der Waals surface area (Å²) in [7, 11) is 6.58. The fourth-order valence-electron chi connectivity index (χ4n) is 0.915. The van der Waals surface area contributed by atoms with Gasteiger partial charge < -0.3 is 9.39 Å². The van der Waals surface area contributed by atoms with Crippen LogP contribution in [0, 0.1) is 0 Å². The van der Waals surface area contributed by atoms with E-state index in [1.165, 1.54) is 10.9 Å². The van der Waals surface area contributed by atoms with Gasteiger partial charge in [0.2, 0.25) is 5.88 Å². The number of carbonyl (C=O) groups is 1. The number of rotatable bonds is 3. The highest BCUT2D eigenvalue weighted by Crippen LogP contribution is 2.16. The van der Waals surface area contributed by atoms with Crippen LogP contribution in [0.2, 0.25) is 0 Å². The number of aromatic nitrogens is 2. The normalized spacial score (nSPS) is 9.69. The lowest BCUT2D eigenvalue weighted by molar-refractivity contribution is 0.0524. The van der Waals surface area contributed by atoms with E-state index in [9.17, 15) is 4.79 Å². The van der Waals surface area contributed by atoms with Gasteiger partial charge in [-0.2, -0.15) is 5.10 Å². The highest BCUT2D eigenvalue weighted by Gasteiger charge is 2.16. The molecule has 1 rings (SSSR count). The summed E-state index contributed by atoms with van der Waals surface area (Å²) >= 11 is 0. The van der Waals surface area contributed by atoms with E-state index in [-0.39, 0.29) is 11.4 Å². The fraction of sp³-hybridized carbons (Fsp3) is 0.429. The summed E-state index contributed by atoms with van der Waals surface area (Å²) in [5.74, 6) is -0.297. The second kappa shape index (κ2) is 3.98. The summed E-state index contributed by atoms with van der Waals surface area (Å²) in [6.45, 7) is 2.02. The largest absolute Gasteiger partial charge is 0.555 e. The average Bonchev–Trinajstić information content (AvgIpc) is 2.47. The standard InChI is InChI=1S/C7H9BN2O3/c1-3-12-7(11)5-4-9-10(2)6(5)13-8/h4H,3H2,1-2H3. The molecule has 0 amide bonds. The van der Waals surface area contributed by atoms with Crippen LogP contribution in [0.25, 0.3) is 0 Å². The maximum Gasteiger partial charge on any atom is 0.376 e. The summed E-state index contributed by atoms with van der Waals surface area (Å²) < 4.78 is 10.6. The van der Waals surface area contributed by atoms with Crippen molar-refractivity contribution in [2.24, 2.45) is 7.05 Å². The molecule has 1 aromatic rings. The van der Waals surface area contributed by atoms with Gasteiger partial charge in [-0.1, -0.05) is 0 Å². The monoisotopic (exact) mass is 180 g/mol. The number of aryl methyl sites for hydroxylation is 1. The zero-order valence-corrected chi connectivity index (χ0v) is 7.48. The third-order valence-electron chi connectivity index (χ3n) is 1.49. The molecule has 13 heavy (non-hydrogen) atoms. The zero-order chi connectivity index (χ0) is 9.84. The van der Waals surface area contributed by atoms with E-state index in [0.29, 0.717) is 6.61 Å². The molecule has 1 heterocycles. The van der Waals surface area contributed by atoms with E-state index >= 15 is 0 Å². The first-order valence-corrected chi connectivity index (χ1v) is 3.76. The molecule has 5 nitrogen and oxygen atoms in total. The van der Waals surface area contributed by atoms with Crippen LogP contribution in [0.3, 0.4) is 0 Å². The molecule has 68 valence electrons. The number of nitrogens with zero attached hydrogens (tertiary/aromatic N) is 2. The molecule has 0 N–H and O–H groups in total. The predicted molar refractivity (Wildman–Crippen MR) is 45.5 cm³/mol.